The number of pyridine rings is 2. The van der Waals surface area contributed by atoms with Crippen molar-refractivity contribution >= 4 is 27.5 Å². The lowest BCUT2D eigenvalue weighted by Crippen LogP contribution is -2.15. The molecule has 0 saturated heterocycles. The maximum Gasteiger partial charge on any atom is 0.257 e. The smallest absolute Gasteiger partial charge is 0.257 e. The molecule has 3 heterocycles. The Bertz CT molecular complexity index is 757. The van der Waals surface area contributed by atoms with Gasteiger partial charge in [-0.25, -0.2) is 19.6 Å². The fourth-order valence-corrected chi connectivity index (χ4v) is 1.93. The van der Waals surface area contributed by atoms with Crippen molar-refractivity contribution < 1.29 is 4.79 Å². The van der Waals surface area contributed by atoms with Gasteiger partial charge in [-0.05, 0) is 40.2 Å². The van der Waals surface area contributed by atoms with Crippen molar-refractivity contribution in [2.75, 3.05) is 5.32 Å². The lowest BCUT2D eigenvalue weighted by atomic mass is 10.2. The number of nitrogens with one attached hydrogen (secondary N) is 1. The Balaban J connectivity index is 1.88. The molecule has 1 N–H and O–H groups in total. The van der Waals surface area contributed by atoms with E-state index in [0.717, 1.165) is 0 Å². The Labute approximate surface area is 128 Å². The zero-order valence-electron chi connectivity index (χ0n) is 10.6. The van der Waals surface area contributed by atoms with Crippen LogP contribution in [0.1, 0.15) is 10.4 Å². The summed E-state index contributed by atoms with van der Waals surface area (Å²) in [5, 5.41) is 6.80. The molecule has 0 saturated carbocycles. The maximum absolute atomic E-state index is 12.2. The van der Waals surface area contributed by atoms with Crippen LogP contribution in [0.5, 0.6) is 0 Å². The van der Waals surface area contributed by atoms with Gasteiger partial charge in [-0.2, -0.15) is 5.10 Å². The summed E-state index contributed by atoms with van der Waals surface area (Å²) in [5.74, 6) is 0.220. The molecule has 0 radical (unpaired) electrons. The number of rotatable bonds is 3. The molecule has 0 aromatic carbocycles. The highest BCUT2D eigenvalue weighted by Crippen LogP contribution is 2.17. The van der Waals surface area contributed by atoms with Crippen molar-refractivity contribution in [1.82, 2.24) is 24.7 Å². The van der Waals surface area contributed by atoms with Gasteiger partial charge in [0.25, 0.3) is 5.91 Å². The third-order valence-corrected chi connectivity index (χ3v) is 3.13. The first kappa shape index (κ1) is 13.4. The molecule has 104 valence electrons. The first-order valence-electron chi connectivity index (χ1n) is 5.97. The zero-order chi connectivity index (χ0) is 14.7. The number of hydrogen-bond donors (Lipinski definition) is 1. The molecule has 0 unspecified atom stereocenters. The van der Waals surface area contributed by atoms with E-state index in [0.29, 0.717) is 21.7 Å². The van der Waals surface area contributed by atoms with Crippen LogP contribution in [0.4, 0.5) is 5.69 Å². The topological polar surface area (TPSA) is 85.6 Å². The van der Waals surface area contributed by atoms with Crippen LogP contribution in [0, 0.1) is 0 Å². The van der Waals surface area contributed by atoms with Gasteiger partial charge >= 0.3 is 0 Å². The molecule has 0 aliphatic heterocycles. The molecule has 3 aromatic heterocycles. The highest BCUT2D eigenvalue weighted by atomic mass is 79.9. The lowest BCUT2D eigenvalue weighted by Gasteiger charge is -2.09. The number of nitrogens with zero attached hydrogens (tertiary/aromatic N) is 5. The van der Waals surface area contributed by atoms with Gasteiger partial charge in [0, 0.05) is 12.4 Å². The molecule has 1 amide bonds. The van der Waals surface area contributed by atoms with Gasteiger partial charge in [-0.3, -0.25) is 4.79 Å². The number of amides is 1. The summed E-state index contributed by atoms with van der Waals surface area (Å²) in [6, 6.07) is 6.86. The maximum atomic E-state index is 12.2. The quantitative estimate of drug-likeness (QED) is 0.735. The Morgan fingerprint density at radius 1 is 1.24 bits per heavy atom. The van der Waals surface area contributed by atoms with Gasteiger partial charge in [0.15, 0.2) is 5.82 Å². The summed E-state index contributed by atoms with van der Waals surface area (Å²) in [7, 11) is 0. The summed E-state index contributed by atoms with van der Waals surface area (Å²) in [6.45, 7) is 0. The average Bonchev–Trinajstić information content (AvgIpc) is 3.02. The van der Waals surface area contributed by atoms with Gasteiger partial charge in [-0.15, -0.1) is 0 Å². The second kappa shape index (κ2) is 5.80. The molecule has 0 fully saturated rings. The molecule has 3 rings (SSSR count). The minimum absolute atomic E-state index is 0.274. The van der Waals surface area contributed by atoms with Crippen LogP contribution < -0.4 is 5.32 Å². The van der Waals surface area contributed by atoms with Crippen molar-refractivity contribution in [3.63, 3.8) is 0 Å². The third kappa shape index (κ3) is 2.95. The average molecular weight is 345 g/mol. The van der Waals surface area contributed by atoms with Gasteiger partial charge in [-0.1, -0.05) is 0 Å². The molecule has 7 nitrogen and oxygen atoms in total. The number of halogens is 1. The highest BCUT2D eigenvalue weighted by molar-refractivity contribution is 9.10. The Hall–Kier alpha value is -2.61. The second-order valence-corrected chi connectivity index (χ2v) is 4.85. The van der Waals surface area contributed by atoms with Gasteiger partial charge < -0.3 is 5.32 Å². The number of carbonyl (C=O) groups excluding carboxylic acids is 1. The standard InChI is InChI=1S/C13H9BrN6O/c14-11-4-3-9(6-17-11)13(21)19-10-2-1-5-16-12(10)20-8-15-7-18-20/h1-8H,(H,19,21). The van der Waals surface area contributed by atoms with E-state index in [9.17, 15) is 4.79 Å². The fourth-order valence-electron chi connectivity index (χ4n) is 1.70. The molecule has 0 bridgehead atoms. The van der Waals surface area contributed by atoms with Crippen molar-refractivity contribution in [3.05, 3.63) is 59.5 Å². The predicted molar refractivity (Wildman–Crippen MR) is 79.0 cm³/mol. The molecule has 3 aromatic rings. The predicted octanol–water partition coefficient (Wildman–Crippen LogP) is 2.07. The minimum Gasteiger partial charge on any atom is -0.319 e. The summed E-state index contributed by atoms with van der Waals surface area (Å²) in [6.07, 6.45) is 6.02. The fraction of sp³-hybridized carbons (Fsp3) is 0. The SMILES string of the molecule is O=C(Nc1cccnc1-n1cncn1)c1ccc(Br)nc1. The van der Waals surface area contributed by atoms with Gasteiger partial charge in [0.1, 0.15) is 17.3 Å². The van der Waals surface area contributed by atoms with Crippen LogP contribution in [0.3, 0.4) is 0 Å². The van der Waals surface area contributed by atoms with E-state index >= 15 is 0 Å². The van der Waals surface area contributed by atoms with E-state index < -0.39 is 0 Å². The van der Waals surface area contributed by atoms with Crippen molar-refractivity contribution in [2.45, 2.75) is 0 Å². The number of hydrogen-bond acceptors (Lipinski definition) is 5. The van der Waals surface area contributed by atoms with E-state index in [1.54, 1.807) is 30.5 Å². The van der Waals surface area contributed by atoms with Crippen LogP contribution >= 0.6 is 15.9 Å². The first-order chi connectivity index (χ1) is 10.2. The Morgan fingerprint density at radius 3 is 2.86 bits per heavy atom. The van der Waals surface area contributed by atoms with Crippen molar-refractivity contribution in [2.24, 2.45) is 0 Å². The summed E-state index contributed by atoms with van der Waals surface area (Å²) in [4.78, 5) is 24.3. The number of aromatic nitrogens is 5. The molecular formula is C13H9BrN6O. The molecule has 0 atom stereocenters. The van der Waals surface area contributed by atoms with Crippen LogP contribution in [0.2, 0.25) is 0 Å². The van der Waals surface area contributed by atoms with E-state index in [1.807, 2.05) is 0 Å². The molecule has 21 heavy (non-hydrogen) atoms. The Kier molecular flexibility index (Phi) is 3.69. The van der Waals surface area contributed by atoms with Crippen LogP contribution in [0.25, 0.3) is 5.82 Å². The normalized spacial score (nSPS) is 10.3. The zero-order valence-corrected chi connectivity index (χ0v) is 12.2. The van der Waals surface area contributed by atoms with E-state index in [-0.39, 0.29) is 5.91 Å². The van der Waals surface area contributed by atoms with Crippen LogP contribution in [-0.4, -0.2) is 30.6 Å². The monoisotopic (exact) mass is 344 g/mol. The highest BCUT2D eigenvalue weighted by Gasteiger charge is 2.11. The van der Waals surface area contributed by atoms with Crippen molar-refractivity contribution in [3.8, 4) is 5.82 Å². The molecule has 0 aliphatic rings. The van der Waals surface area contributed by atoms with E-state index in [1.165, 1.54) is 23.5 Å². The number of carbonyl (C=O) groups is 1. The molecule has 8 heteroatoms. The molecule has 0 spiro atoms. The van der Waals surface area contributed by atoms with Crippen LogP contribution in [-0.2, 0) is 0 Å². The largest absolute Gasteiger partial charge is 0.319 e. The lowest BCUT2D eigenvalue weighted by molar-refractivity contribution is 0.102. The number of anilines is 1. The molecular weight excluding hydrogens is 336 g/mol. The van der Waals surface area contributed by atoms with Crippen molar-refractivity contribution in [1.29, 1.82) is 0 Å². The first-order valence-corrected chi connectivity index (χ1v) is 6.76. The van der Waals surface area contributed by atoms with Crippen LogP contribution in [0.15, 0.2) is 53.9 Å². The summed E-state index contributed by atoms with van der Waals surface area (Å²) in [5.41, 5.74) is 0.988. The van der Waals surface area contributed by atoms with E-state index in [2.05, 4.69) is 41.3 Å². The van der Waals surface area contributed by atoms with Gasteiger partial charge in [0.2, 0.25) is 0 Å². The summed E-state index contributed by atoms with van der Waals surface area (Å²) < 4.78 is 2.15. The van der Waals surface area contributed by atoms with E-state index in [4.69, 9.17) is 0 Å². The molecule has 0 aliphatic carbocycles. The second-order valence-electron chi connectivity index (χ2n) is 4.04. The minimum atomic E-state index is -0.274. The van der Waals surface area contributed by atoms with Gasteiger partial charge in [0.05, 0.1) is 11.3 Å². The Morgan fingerprint density at radius 2 is 2.14 bits per heavy atom. The third-order valence-electron chi connectivity index (χ3n) is 2.66. The summed E-state index contributed by atoms with van der Waals surface area (Å²) >= 11 is 3.23.